The van der Waals surface area contributed by atoms with Crippen molar-refractivity contribution in [1.29, 1.82) is 0 Å². The minimum atomic E-state index is 0.582. The summed E-state index contributed by atoms with van der Waals surface area (Å²) in [7, 11) is 3.41. The van der Waals surface area contributed by atoms with E-state index in [1.165, 1.54) is 5.56 Å². The lowest BCUT2D eigenvalue weighted by Gasteiger charge is -2.11. The molecule has 0 saturated carbocycles. The second-order valence-electron chi connectivity index (χ2n) is 4.44. The molecule has 0 radical (unpaired) electrons. The minimum Gasteiger partial charge on any atom is -0.497 e. The van der Waals surface area contributed by atoms with E-state index < -0.39 is 0 Å². The van der Waals surface area contributed by atoms with Crippen molar-refractivity contribution in [3.8, 4) is 5.75 Å². The van der Waals surface area contributed by atoms with Crippen LogP contribution in [0.25, 0.3) is 0 Å². The van der Waals surface area contributed by atoms with Crippen LogP contribution in [0.1, 0.15) is 11.3 Å². The van der Waals surface area contributed by atoms with Crippen LogP contribution < -0.4 is 15.4 Å². The van der Waals surface area contributed by atoms with Crippen molar-refractivity contribution in [2.45, 2.75) is 13.0 Å². The highest BCUT2D eigenvalue weighted by Gasteiger charge is 2.00. The molecule has 0 amide bonds. The van der Waals surface area contributed by atoms with Crippen molar-refractivity contribution in [1.82, 2.24) is 15.8 Å². The van der Waals surface area contributed by atoms with Crippen LogP contribution in [-0.4, -0.2) is 31.8 Å². The highest BCUT2D eigenvalue weighted by Crippen LogP contribution is 2.11. The first-order chi connectivity index (χ1) is 10.3. The SMILES string of the molecule is CN=C(NCCc1ccc(OC)cc1)NCc1ccon1. The molecule has 21 heavy (non-hydrogen) atoms. The van der Waals surface area contributed by atoms with Crippen LogP contribution in [0.4, 0.5) is 0 Å². The van der Waals surface area contributed by atoms with Crippen LogP contribution in [0.3, 0.4) is 0 Å². The number of hydrogen-bond acceptors (Lipinski definition) is 4. The number of nitrogens with zero attached hydrogens (tertiary/aromatic N) is 2. The van der Waals surface area contributed by atoms with E-state index in [1.807, 2.05) is 18.2 Å². The maximum Gasteiger partial charge on any atom is 0.191 e. The van der Waals surface area contributed by atoms with Gasteiger partial charge in [0.05, 0.1) is 13.7 Å². The Hall–Kier alpha value is -2.50. The summed E-state index contributed by atoms with van der Waals surface area (Å²) in [5.41, 5.74) is 2.09. The molecular formula is C15H20N4O2. The summed E-state index contributed by atoms with van der Waals surface area (Å²) in [4.78, 5) is 4.16. The van der Waals surface area contributed by atoms with Crippen LogP contribution >= 0.6 is 0 Å². The van der Waals surface area contributed by atoms with Crippen molar-refractivity contribution < 1.29 is 9.26 Å². The first-order valence-corrected chi connectivity index (χ1v) is 6.78. The number of aromatic nitrogens is 1. The number of aliphatic imine (C=N–C) groups is 1. The molecule has 0 aliphatic rings. The molecule has 112 valence electrons. The summed E-state index contributed by atoms with van der Waals surface area (Å²) in [6, 6.07) is 9.87. The van der Waals surface area contributed by atoms with Gasteiger partial charge in [0.1, 0.15) is 17.7 Å². The molecule has 0 bridgehead atoms. The van der Waals surface area contributed by atoms with Gasteiger partial charge in [-0.15, -0.1) is 0 Å². The molecule has 6 heteroatoms. The molecule has 2 N–H and O–H groups in total. The Kier molecular flexibility index (Phi) is 5.63. The third-order valence-electron chi connectivity index (χ3n) is 3.02. The van der Waals surface area contributed by atoms with Crippen LogP contribution in [0.15, 0.2) is 46.1 Å². The van der Waals surface area contributed by atoms with E-state index in [1.54, 1.807) is 20.4 Å². The van der Waals surface area contributed by atoms with Gasteiger partial charge in [0, 0.05) is 19.7 Å². The molecule has 0 unspecified atom stereocenters. The van der Waals surface area contributed by atoms with E-state index >= 15 is 0 Å². The predicted molar refractivity (Wildman–Crippen MR) is 81.4 cm³/mol. The Labute approximate surface area is 124 Å². The van der Waals surface area contributed by atoms with Gasteiger partial charge < -0.3 is 19.9 Å². The van der Waals surface area contributed by atoms with Gasteiger partial charge in [-0.2, -0.15) is 0 Å². The van der Waals surface area contributed by atoms with E-state index in [4.69, 9.17) is 9.26 Å². The second-order valence-corrected chi connectivity index (χ2v) is 4.44. The lowest BCUT2D eigenvalue weighted by atomic mass is 10.1. The maximum absolute atomic E-state index is 5.14. The third kappa shape index (κ3) is 4.83. The van der Waals surface area contributed by atoms with E-state index in [-0.39, 0.29) is 0 Å². The molecule has 2 rings (SSSR count). The predicted octanol–water partition coefficient (Wildman–Crippen LogP) is 1.59. The molecule has 2 aromatic rings. The molecule has 1 heterocycles. The van der Waals surface area contributed by atoms with Gasteiger partial charge in [-0.3, -0.25) is 4.99 Å². The van der Waals surface area contributed by atoms with E-state index in [2.05, 4.69) is 32.9 Å². The molecule has 0 aliphatic carbocycles. The fraction of sp³-hybridized carbons (Fsp3) is 0.333. The highest BCUT2D eigenvalue weighted by atomic mass is 16.5. The first kappa shape index (κ1) is 14.9. The summed E-state index contributed by atoms with van der Waals surface area (Å²) in [5.74, 6) is 1.61. The van der Waals surface area contributed by atoms with Gasteiger partial charge in [-0.25, -0.2) is 0 Å². The zero-order valence-corrected chi connectivity index (χ0v) is 12.3. The number of rotatable bonds is 6. The quantitative estimate of drug-likeness (QED) is 0.624. The van der Waals surface area contributed by atoms with E-state index in [0.29, 0.717) is 6.54 Å². The van der Waals surface area contributed by atoms with Gasteiger partial charge in [-0.05, 0) is 24.1 Å². The minimum absolute atomic E-state index is 0.582. The fourth-order valence-electron chi connectivity index (χ4n) is 1.84. The van der Waals surface area contributed by atoms with Gasteiger partial charge in [0.2, 0.25) is 0 Å². The van der Waals surface area contributed by atoms with Crippen LogP contribution in [-0.2, 0) is 13.0 Å². The lowest BCUT2D eigenvalue weighted by Crippen LogP contribution is -2.37. The topological polar surface area (TPSA) is 71.7 Å². The van der Waals surface area contributed by atoms with Crippen LogP contribution in [0, 0.1) is 0 Å². The Morgan fingerprint density at radius 1 is 1.24 bits per heavy atom. The molecule has 0 saturated heterocycles. The first-order valence-electron chi connectivity index (χ1n) is 6.78. The average molecular weight is 288 g/mol. The summed E-state index contributed by atoms with van der Waals surface area (Å²) < 4.78 is 9.92. The number of benzene rings is 1. The monoisotopic (exact) mass is 288 g/mol. The standard InChI is InChI=1S/C15H20N4O2/c1-16-15(18-11-13-8-10-21-19-13)17-9-7-12-3-5-14(20-2)6-4-12/h3-6,8,10H,7,9,11H2,1-2H3,(H2,16,17,18). The van der Waals surface area contributed by atoms with E-state index in [0.717, 1.165) is 30.4 Å². The third-order valence-corrected chi connectivity index (χ3v) is 3.02. The fourth-order valence-corrected chi connectivity index (χ4v) is 1.84. The van der Waals surface area contributed by atoms with Gasteiger partial charge in [-0.1, -0.05) is 17.3 Å². The molecule has 0 atom stereocenters. The van der Waals surface area contributed by atoms with Gasteiger partial charge in [0.25, 0.3) is 0 Å². The van der Waals surface area contributed by atoms with Crippen molar-refractivity contribution >= 4 is 5.96 Å². The van der Waals surface area contributed by atoms with E-state index in [9.17, 15) is 0 Å². The van der Waals surface area contributed by atoms with Crippen molar-refractivity contribution in [3.63, 3.8) is 0 Å². The van der Waals surface area contributed by atoms with Crippen LogP contribution in [0.2, 0.25) is 0 Å². The number of guanidine groups is 1. The molecule has 0 spiro atoms. The molecule has 6 nitrogen and oxygen atoms in total. The van der Waals surface area contributed by atoms with Crippen molar-refractivity contribution in [3.05, 3.63) is 47.9 Å². The molecule has 0 fully saturated rings. The van der Waals surface area contributed by atoms with Crippen LogP contribution in [0.5, 0.6) is 5.75 Å². The lowest BCUT2D eigenvalue weighted by molar-refractivity contribution is 0.410. The molecule has 1 aromatic heterocycles. The number of methoxy groups -OCH3 is 1. The van der Waals surface area contributed by atoms with Gasteiger partial charge >= 0.3 is 0 Å². The smallest absolute Gasteiger partial charge is 0.191 e. The number of ether oxygens (including phenoxy) is 1. The van der Waals surface area contributed by atoms with Gasteiger partial charge in [0.15, 0.2) is 5.96 Å². The summed E-state index contributed by atoms with van der Waals surface area (Å²) in [5, 5.41) is 10.3. The molecule has 1 aromatic carbocycles. The summed E-state index contributed by atoms with van der Waals surface area (Å²) >= 11 is 0. The largest absolute Gasteiger partial charge is 0.497 e. The molecular weight excluding hydrogens is 268 g/mol. The van der Waals surface area contributed by atoms with Crippen molar-refractivity contribution in [2.75, 3.05) is 20.7 Å². The highest BCUT2D eigenvalue weighted by molar-refractivity contribution is 5.79. The Morgan fingerprint density at radius 2 is 2.05 bits per heavy atom. The number of nitrogens with one attached hydrogen (secondary N) is 2. The summed E-state index contributed by atoms with van der Waals surface area (Å²) in [6.45, 7) is 1.38. The Balaban J connectivity index is 1.72. The Bertz CT molecular complexity index is 550. The summed E-state index contributed by atoms with van der Waals surface area (Å²) in [6.07, 6.45) is 2.46. The normalized spacial score (nSPS) is 11.2. The average Bonchev–Trinajstić information content (AvgIpc) is 3.04. The maximum atomic E-state index is 5.14. The second kappa shape index (κ2) is 7.94. The molecule has 0 aliphatic heterocycles. The van der Waals surface area contributed by atoms with Crippen molar-refractivity contribution in [2.24, 2.45) is 4.99 Å². The zero-order valence-electron chi connectivity index (χ0n) is 12.3. The number of hydrogen-bond donors (Lipinski definition) is 2. The Morgan fingerprint density at radius 3 is 2.67 bits per heavy atom. The zero-order chi connectivity index (χ0) is 14.9.